The molecule has 0 aliphatic carbocycles. The third-order valence-electron chi connectivity index (χ3n) is 6.71. The second-order valence-electron chi connectivity index (χ2n) is 9.71. The van der Waals surface area contributed by atoms with Gasteiger partial charge in [-0.15, -0.1) is 11.8 Å². The predicted octanol–water partition coefficient (Wildman–Crippen LogP) is -2.52. The summed E-state index contributed by atoms with van der Waals surface area (Å²) in [6.45, 7) is 7.37. The summed E-state index contributed by atoms with van der Waals surface area (Å²) in [5.74, 6) is -3.46. The molecule has 3 heterocycles. The van der Waals surface area contributed by atoms with Crippen molar-refractivity contribution in [3.63, 3.8) is 0 Å². The summed E-state index contributed by atoms with van der Waals surface area (Å²) in [5, 5.41) is 27.8. The van der Waals surface area contributed by atoms with E-state index in [1.807, 2.05) is 6.92 Å². The Hall–Kier alpha value is -1.89. The van der Waals surface area contributed by atoms with Crippen LogP contribution in [0, 0.1) is 11.8 Å². The number of amides is 2. The first-order valence-corrected chi connectivity index (χ1v) is 12.9. The Morgan fingerprint density at radius 1 is 1.27 bits per heavy atom. The van der Waals surface area contributed by atoms with Crippen molar-refractivity contribution in [3.8, 4) is 0 Å². The summed E-state index contributed by atoms with van der Waals surface area (Å²) >= 11 is 1.34. The second-order valence-corrected chi connectivity index (χ2v) is 11.1. The van der Waals surface area contributed by atoms with Crippen molar-refractivity contribution >= 4 is 41.2 Å². The third kappa shape index (κ3) is 5.91. The fourth-order valence-corrected chi connectivity index (χ4v) is 6.55. The fourth-order valence-electron chi connectivity index (χ4n) is 5.08. The molecule has 0 spiro atoms. The third-order valence-corrected chi connectivity index (χ3v) is 8.22. The Balaban J connectivity index is 0.00000380. The maximum absolute atomic E-state index is 12.9. The number of hydrogen-bond acceptors (Lipinski definition) is 9. The molecule has 4 rings (SSSR count). The van der Waals surface area contributed by atoms with Gasteiger partial charge in [0, 0.05) is 28.3 Å². The Morgan fingerprint density at radius 3 is 2.59 bits per heavy atom. The maximum atomic E-state index is 12.9. The Morgan fingerprint density at radius 2 is 1.97 bits per heavy atom. The number of anilines is 1. The summed E-state index contributed by atoms with van der Waals surface area (Å²) in [7, 11) is 0. The quantitative estimate of drug-likeness (QED) is 0.185. The van der Waals surface area contributed by atoms with Crippen LogP contribution >= 0.6 is 11.8 Å². The van der Waals surface area contributed by atoms with E-state index in [1.54, 1.807) is 38.1 Å². The average molecular weight is 540 g/mol. The van der Waals surface area contributed by atoms with Crippen molar-refractivity contribution in [2.45, 2.75) is 63.7 Å². The number of nitrogens with zero attached hydrogens (tertiary/aromatic N) is 1. The van der Waals surface area contributed by atoms with Gasteiger partial charge in [0.05, 0.1) is 47.4 Å². The van der Waals surface area contributed by atoms with Crippen LogP contribution in [0.2, 0.25) is 0 Å². The summed E-state index contributed by atoms with van der Waals surface area (Å²) in [4.78, 5) is 51.2. The molecule has 3 aliphatic heterocycles. The van der Waals surface area contributed by atoms with Crippen LogP contribution in [-0.2, 0) is 19.1 Å². The summed E-state index contributed by atoms with van der Waals surface area (Å²) < 4.78 is 5.20. The van der Waals surface area contributed by atoms with E-state index in [9.17, 15) is 29.4 Å². The molecule has 194 valence electrons. The van der Waals surface area contributed by atoms with Crippen molar-refractivity contribution in [1.82, 2.24) is 10.2 Å². The number of carboxylic acid groups (broad SMARTS) is 1. The zero-order valence-electron chi connectivity index (χ0n) is 21.5. The largest absolute Gasteiger partial charge is 1.00 e. The van der Waals surface area contributed by atoms with Crippen LogP contribution in [0.1, 0.15) is 44.5 Å². The molecular formula is C25H30N3NaO7S. The zero-order chi connectivity index (χ0) is 26.3. The number of esters is 1. The van der Waals surface area contributed by atoms with Crippen LogP contribution in [0.15, 0.2) is 34.9 Å². The topological polar surface area (TPSA) is 148 Å². The van der Waals surface area contributed by atoms with E-state index >= 15 is 0 Å². The van der Waals surface area contributed by atoms with Crippen molar-refractivity contribution in [3.05, 3.63) is 40.4 Å². The van der Waals surface area contributed by atoms with Gasteiger partial charge in [-0.2, -0.15) is 0 Å². The zero-order valence-corrected chi connectivity index (χ0v) is 24.3. The number of aliphatic carboxylic acids is 1. The number of β-lactam (4-membered cyclic amide) rings is 1. The van der Waals surface area contributed by atoms with Crippen molar-refractivity contribution in [1.29, 1.82) is 0 Å². The van der Waals surface area contributed by atoms with Crippen LogP contribution in [0.5, 0.6) is 0 Å². The van der Waals surface area contributed by atoms with Crippen LogP contribution in [0.4, 0.5) is 5.69 Å². The number of aliphatic hydroxyl groups is 1. The molecule has 2 amide bonds. The minimum atomic E-state index is -1.42. The van der Waals surface area contributed by atoms with Gasteiger partial charge in [-0.05, 0) is 45.4 Å². The van der Waals surface area contributed by atoms with Gasteiger partial charge in [-0.25, -0.2) is 4.79 Å². The Kier molecular flexibility index (Phi) is 9.52. The molecule has 12 heteroatoms. The number of thioether (sulfide) groups is 1. The normalized spacial score (nSPS) is 27.4. The Labute approximate surface area is 241 Å². The number of rotatable bonds is 8. The van der Waals surface area contributed by atoms with E-state index in [1.165, 1.54) is 23.6 Å². The molecule has 0 saturated carbocycles. The molecule has 37 heavy (non-hydrogen) atoms. The van der Waals surface area contributed by atoms with Crippen LogP contribution in [0.25, 0.3) is 0 Å². The van der Waals surface area contributed by atoms with Gasteiger partial charge < -0.3 is 35.3 Å². The SMILES string of the molecule is CC(C)OC(=O)c1cccc(NC(=O)[C@@H]2C[C@H](SC3=C(C(=O)[O-])N4C(=O)[C@H]([C@@H](C)O)[C@H]4[C@H]3C)CN2)c1.[Na+]. The minimum Gasteiger partial charge on any atom is -0.543 e. The molecular weight excluding hydrogens is 509 g/mol. The number of nitrogens with one attached hydrogen (secondary N) is 2. The van der Waals surface area contributed by atoms with E-state index in [-0.39, 0.29) is 58.4 Å². The van der Waals surface area contributed by atoms with Gasteiger partial charge in [-0.1, -0.05) is 13.0 Å². The maximum Gasteiger partial charge on any atom is 1.00 e. The van der Waals surface area contributed by atoms with E-state index < -0.39 is 42.0 Å². The molecule has 0 radical (unpaired) electrons. The number of aliphatic hydroxyl groups excluding tert-OH is 1. The van der Waals surface area contributed by atoms with Crippen molar-refractivity contribution < 1.29 is 63.7 Å². The molecule has 1 aromatic rings. The first-order chi connectivity index (χ1) is 17.0. The molecule has 0 bridgehead atoms. The molecule has 0 aromatic heterocycles. The van der Waals surface area contributed by atoms with Crippen molar-refractivity contribution in [2.24, 2.45) is 11.8 Å². The molecule has 3 N–H and O–H groups in total. The van der Waals surface area contributed by atoms with Crippen LogP contribution in [-0.4, -0.2) is 69.8 Å². The molecule has 1 aromatic carbocycles. The summed E-state index contributed by atoms with van der Waals surface area (Å²) in [6.07, 6.45) is -0.688. The second kappa shape index (κ2) is 11.9. The number of carbonyl (C=O) groups is 4. The van der Waals surface area contributed by atoms with E-state index in [2.05, 4.69) is 10.6 Å². The van der Waals surface area contributed by atoms with Crippen LogP contribution < -0.4 is 45.3 Å². The summed E-state index contributed by atoms with van der Waals surface area (Å²) in [5.41, 5.74) is 0.674. The molecule has 10 nitrogen and oxygen atoms in total. The van der Waals surface area contributed by atoms with Gasteiger partial charge in [0.1, 0.15) is 0 Å². The van der Waals surface area contributed by atoms with Gasteiger partial charge in [0.25, 0.3) is 0 Å². The predicted molar refractivity (Wildman–Crippen MR) is 130 cm³/mol. The molecule has 3 aliphatic rings. The monoisotopic (exact) mass is 539 g/mol. The van der Waals surface area contributed by atoms with Gasteiger partial charge >= 0.3 is 35.5 Å². The minimum absolute atomic E-state index is 0. The van der Waals surface area contributed by atoms with E-state index in [4.69, 9.17) is 4.74 Å². The molecule has 6 atom stereocenters. The number of fused-ring (bicyclic) bond motifs is 1. The number of ether oxygens (including phenoxy) is 1. The molecule has 2 fully saturated rings. The van der Waals surface area contributed by atoms with E-state index in [0.717, 1.165) is 0 Å². The Bertz CT molecular complexity index is 1130. The first kappa shape index (κ1) is 29.7. The summed E-state index contributed by atoms with van der Waals surface area (Å²) in [6, 6.07) is 5.59. The standard InChI is InChI=1S/C25H31N3O7S.Na/c1-11(2)35-25(34)14-6-5-7-15(8-14)27-22(30)17-9-16(10-26-17)36-21-12(3)19-18(13(4)29)23(31)28(19)20(21)24(32)33;/h5-8,11-13,16-19,26,29H,9-10H2,1-4H3,(H,27,30)(H,32,33);/q;+1/p-1/t12-,13-,16+,17+,18-,19-;/m1./s1. The molecule has 2 saturated heterocycles. The van der Waals surface area contributed by atoms with Gasteiger partial charge in [-0.3, -0.25) is 9.59 Å². The first-order valence-electron chi connectivity index (χ1n) is 12.0. The number of carboxylic acids is 1. The smallest absolute Gasteiger partial charge is 0.543 e. The molecule has 0 unspecified atom stereocenters. The van der Waals surface area contributed by atoms with Gasteiger partial charge in [0.2, 0.25) is 11.8 Å². The fraction of sp³-hybridized carbons (Fsp3) is 0.520. The number of hydrogen-bond donors (Lipinski definition) is 3. The van der Waals surface area contributed by atoms with Gasteiger partial charge in [0.15, 0.2) is 0 Å². The van der Waals surface area contributed by atoms with Crippen LogP contribution in [0.3, 0.4) is 0 Å². The number of carbonyl (C=O) groups excluding carboxylic acids is 4. The van der Waals surface area contributed by atoms with Crippen molar-refractivity contribution in [2.75, 3.05) is 11.9 Å². The average Bonchev–Trinajstić information content (AvgIpc) is 3.35. The van der Waals surface area contributed by atoms with E-state index in [0.29, 0.717) is 29.1 Å². The number of benzene rings is 1.